The standard InChI is InChI=1S/C11H18ClNO2/c12-13-7-11(6-10(14)15)4-8-2-1-3-9(8)5-11/h8-9,13H,1-7H2,(H,14,15)/t8-,9+,11-. The van der Waals surface area contributed by atoms with E-state index < -0.39 is 5.97 Å². The van der Waals surface area contributed by atoms with E-state index in [1.54, 1.807) is 0 Å². The molecule has 2 aliphatic carbocycles. The van der Waals surface area contributed by atoms with Crippen LogP contribution >= 0.6 is 11.8 Å². The van der Waals surface area contributed by atoms with Gasteiger partial charge in [-0.2, -0.15) is 0 Å². The largest absolute Gasteiger partial charge is 0.481 e. The maximum atomic E-state index is 10.9. The summed E-state index contributed by atoms with van der Waals surface area (Å²) in [7, 11) is 0. The van der Waals surface area contributed by atoms with Crippen LogP contribution in [-0.2, 0) is 4.79 Å². The van der Waals surface area contributed by atoms with Gasteiger partial charge in [0.15, 0.2) is 0 Å². The molecule has 86 valence electrons. The van der Waals surface area contributed by atoms with Gasteiger partial charge in [0.25, 0.3) is 0 Å². The van der Waals surface area contributed by atoms with Gasteiger partial charge in [0.2, 0.25) is 0 Å². The van der Waals surface area contributed by atoms with Crippen molar-refractivity contribution in [1.82, 2.24) is 4.84 Å². The molecule has 4 heteroatoms. The van der Waals surface area contributed by atoms with Gasteiger partial charge in [0, 0.05) is 6.54 Å². The molecule has 0 spiro atoms. The summed E-state index contributed by atoms with van der Waals surface area (Å²) in [6, 6.07) is 0. The predicted molar refractivity (Wildman–Crippen MR) is 58.6 cm³/mol. The second-order valence-electron chi connectivity index (χ2n) is 5.24. The number of fused-ring (bicyclic) bond motifs is 1. The van der Waals surface area contributed by atoms with Crippen molar-refractivity contribution in [2.45, 2.75) is 38.5 Å². The number of aliphatic carboxylic acids is 1. The Morgan fingerprint density at radius 2 is 2.00 bits per heavy atom. The molecule has 2 saturated carbocycles. The predicted octanol–water partition coefficient (Wildman–Crippen LogP) is 2.40. The van der Waals surface area contributed by atoms with Gasteiger partial charge >= 0.3 is 5.97 Å². The van der Waals surface area contributed by atoms with E-state index in [2.05, 4.69) is 4.84 Å². The summed E-state index contributed by atoms with van der Waals surface area (Å²) in [5.41, 5.74) is -0.0800. The van der Waals surface area contributed by atoms with E-state index in [1.165, 1.54) is 19.3 Å². The molecule has 0 aliphatic heterocycles. The quantitative estimate of drug-likeness (QED) is 0.731. The molecule has 2 aliphatic rings. The van der Waals surface area contributed by atoms with E-state index >= 15 is 0 Å². The molecule has 2 rings (SSSR count). The first-order valence-corrected chi connectivity index (χ1v) is 6.08. The van der Waals surface area contributed by atoms with Crippen molar-refractivity contribution < 1.29 is 9.90 Å². The van der Waals surface area contributed by atoms with E-state index in [4.69, 9.17) is 16.9 Å². The Morgan fingerprint density at radius 3 is 2.47 bits per heavy atom. The zero-order valence-electron chi connectivity index (χ0n) is 8.84. The maximum Gasteiger partial charge on any atom is 0.303 e. The molecule has 0 saturated heterocycles. The number of halogens is 1. The summed E-state index contributed by atoms with van der Waals surface area (Å²) < 4.78 is 0. The van der Waals surface area contributed by atoms with Crippen LogP contribution in [0.15, 0.2) is 0 Å². The number of nitrogens with one attached hydrogen (secondary N) is 1. The van der Waals surface area contributed by atoms with Crippen molar-refractivity contribution in [2.24, 2.45) is 17.3 Å². The van der Waals surface area contributed by atoms with Gasteiger partial charge in [-0.25, -0.2) is 4.84 Å². The highest BCUT2D eigenvalue weighted by molar-refractivity contribution is 6.13. The van der Waals surface area contributed by atoms with Crippen molar-refractivity contribution in [3.63, 3.8) is 0 Å². The Balaban J connectivity index is 2.04. The molecule has 0 aromatic heterocycles. The Labute approximate surface area is 95.3 Å². The molecule has 2 fully saturated rings. The third-order valence-corrected chi connectivity index (χ3v) is 4.31. The molecular formula is C11H18ClNO2. The van der Waals surface area contributed by atoms with Gasteiger partial charge in [-0.3, -0.25) is 4.79 Å². The van der Waals surface area contributed by atoms with Crippen molar-refractivity contribution in [2.75, 3.05) is 6.54 Å². The van der Waals surface area contributed by atoms with E-state index in [9.17, 15) is 4.79 Å². The average molecular weight is 232 g/mol. The average Bonchev–Trinajstić information content (AvgIpc) is 2.61. The molecule has 0 bridgehead atoms. The molecule has 0 aromatic carbocycles. The summed E-state index contributed by atoms with van der Waals surface area (Å²) in [4.78, 5) is 13.5. The molecule has 15 heavy (non-hydrogen) atoms. The summed E-state index contributed by atoms with van der Waals surface area (Å²) in [6.45, 7) is 0.633. The SMILES string of the molecule is O=C(O)C[C@@]1(CNCl)C[C@H]2CCC[C@H]2C1. The van der Waals surface area contributed by atoms with Crippen LogP contribution in [-0.4, -0.2) is 17.6 Å². The maximum absolute atomic E-state index is 10.9. The van der Waals surface area contributed by atoms with Gasteiger partial charge < -0.3 is 5.11 Å². The Hall–Kier alpha value is -0.280. The van der Waals surface area contributed by atoms with Crippen molar-refractivity contribution >= 4 is 17.7 Å². The number of carboxylic acids is 1. The van der Waals surface area contributed by atoms with Gasteiger partial charge in [0.1, 0.15) is 0 Å². The zero-order valence-corrected chi connectivity index (χ0v) is 9.59. The minimum absolute atomic E-state index is 0.0800. The molecule has 3 nitrogen and oxygen atoms in total. The second-order valence-corrected chi connectivity index (χ2v) is 5.51. The third kappa shape index (κ3) is 2.28. The highest BCUT2D eigenvalue weighted by Gasteiger charge is 2.47. The molecule has 3 atom stereocenters. The third-order valence-electron chi connectivity index (χ3n) is 4.17. The minimum atomic E-state index is -0.693. The Bertz CT molecular complexity index is 245. The van der Waals surface area contributed by atoms with Crippen molar-refractivity contribution in [3.05, 3.63) is 0 Å². The van der Waals surface area contributed by atoms with Crippen LogP contribution in [0.3, 0.4) is 0 Å². The number of rotatable bonds is 4. The van der Waals surface area contributed by atoms with Crippen LogP contribution in [0.4, 0.5) is 0 Å². The molecule has 0 amide bonds. The number of hydrogen-bond donors (Lipinski definition) is 2. The Morgan fingerprint density at radius 1 is 1.40 bits per heavy atom. The summed E-state index contributed by atoms with van der Waals surface area (Å²) in [5, 5.41) is 8.96. The van der Waals surface area contributed by atoms with Crippen LogP contribution in [0.2, 0.25) is 0 Å². The fourth-order valence-corrected chi connectivity index (χ4v) is 3.94. The van der Waals surface area contributed by atoms with Crippen molar-refractivity contribution in [3.8, 4) is 0 Å². The summed E-state index contributed by atoms with van der Waals surface area (Å²) >= 11 is 5.57. The minimum Gasteiger partial charge on any atom is -0.481 e. The first-order chi connectivity index (χ1) is 7.15. The molecule has 0 heterocycles. The number of carbonyl (C=O) groups is 1. The lowest BCUT2D eigenvalue weighted by molar-refractivity contribution is -0.139. The fourth-order valence-electron chi connectivity index (χ4n) is 3.66. The van der Waals surface area contributed by atoms with Crippen LogP contribution < -0.4 is 4.84 Å². The van der Waals surface area contributed by atoms with Gasteiger partial charge in [0.05, 0.1) is 6.42 Å². The normalized spacial score (nSPS) is 39.3. The highest BCUT2D eigenvalue weighted by atomic mass is 35.5. The van der Waals surface area contributed by atoms with Crippen LogP contribution in [0.5, 0.6) is 0 Å². The molecular weight excluding hydrogens is 214 g/mol. The monoisotopic (exact) mass is 231 g/mol. The van der Waals surface area contributed by atoms with Crippen molar-refractivity contribution in [1.29, 1.82) is 0 Å². The topological polar surface area (TPSA) is 49.3 Å². The second kappa shape index (κ2) is 4.30. The zero-order chi connectivity index (χ0) is 10.9. The van der Waals surface area contributed by atoms with Crippen LogP contribution in [0.1, 0.15) is 38.5 Å². The Kier molecular flexibility index (Phi) is 3.21. The lowest BCUT2D eigenvalue weighted by Gasteiger charge is -2.27. The first-order valence-electron chi connectivity index (χ1n) is 5.70. The van der Waals surface area contributed by atoms with E-state index in [0.29, 0.717) is 6.54 Å². The van der Waals surface area contributed by atoms with Gasteiger partial charge in [-0.1, -0.05) is 19.3 Å². The number of carboxylic acid groups (broad SMARTS) is 1. The number of hydrogen-bond acceptors (Lipinski definition) is 2. The molecule has 0 radical (unpaired) electrons. The molecule has 0 aromatic rings. The summed E-state index contributed by atoms with van der Waals surface area (Å²) in [6.07, 6.45) is 6.25. The van der Waals surface area contributed by atoms with E-state index in [-0.39, 0.29) is 11.8 Å². The fraction of sp³-hybridized carbons (Fsp3) is 0.909. The first kappa shape index (κ1) is 11.2. The highest BCUT2D eigenvalue weighted by Crippen LogP contribution is 2.54. The molecule has 0 unspecified atom stereocenters. The van der Waals surface area contributed by atoms with E-state index in [1.807, 2.05) is 0 Å². The van der Waals surface area contributed by atoms with Crippen LogP contribution in [0, 0.1) is 17.3 Å². The molecule has 2 N–H and O–H groups in total. The smallest absolute Gasteiger partial charge is 0.303 e. The van der Waals surface area contributed by atoms with Crippen LogP contribution in [0.25, 0.3) is 0 Å². The van der Waals surface area contributed by atoms with Gasteiger partial charge in [-0.05, 0) is 41.9 Å². The lowest BCUT2D eigenvalue weighted by atomic mass is 9.80. The van der Waals surface area contributed by atoms with E-state index in [0.717, 1.165) is 24.7 Å². The summed E-state index contributed by atoms with van der Waals surface area (Å²) in [5.74, 6) is 0.825. The lowest BCUT2D eigenvalue weighted by Crippen LogP contribution is -2.31. The van der Waals surface area contributed by atoms with Gasteiger partial charge in [-0.15, -0.1) is 0 Å².